The van der Waals surface area contributed by atoms with Crippen molar-refractivity contribution in [2.45, 2.75) is 13.0 Å². The van der Waals surface area contributed by atoms with Gasteiger partial charge in [-0.3, -0.25) is 9.59 Å². The second-order valence-electron chi connectivity index (χ2n) is 8.29. The zero-order chi connectivity index (χ0) is 24.9. The van der Waals surface area contributed by atoms with E-state index in [1.54, 1.807) is 36.1 Å². The third kappa shape index (κ3) is 5.78. The van der Waals surface area contributed by atoms with Crippen molar-refractivity contribution < 1.29 is 28.2 Å². The van der Waals surface area contributed by atoms with Crippen LogP contribution in [-0.4, -0.2) is 67.3 Å². The van der Waals surface area contributed by atoms with E-state index in [4.69, 9.17) is 9.15 Å². The number of aliphatic hydroxyl groups excluding tert-OH is 1. The topological polar surface area (TPSA) is 112 Å². The molecule has 0 aliphatic carbocycles. The van der Waals surface area contributed by atoms with Gasteiger partial charge in [0.15, 0.2) is 6.61 Å². The Morgan fingerprint density at radius 3 is 2.51 bits per heavy atom. The number of aryl methyl sites for hydroxylation is 1. The van der Waals surface area contributed by atoms with Crippen LogP contribution in [0.5, 0.6) is 5.75 Å². The summed E-state index contributed by atoms with van der Waals surface area (Å²) >= 11 is 0. The molecule has 1 unspecified atom stereocenters. The molecule has 1 aromatic heterocycles. The van der Waals surface area contributed by atoms with Gasteiger partial charge >= 0.3 is 5.63 Å². The lowest BCUT2D eigenvalue weighted by molar-refractivity contribution is -0.138. The van der Waals surface area contributed by atoms with Crippen LogP contribution < -0.4 is 20.6 Å². The predicted molar refractivity (Wildman–Crippen MR) is 127 cm³/mol. The molecule has 1 aliphatic rings. The van der Waals surface area contributed by atoms with E-state index in [-0.39, 0.29) is 18.3 Å². The lowest BCUT2D eigenvalue weighted by Crippen LogP contribution is -2.56. The molecule has 2 heterocycles. The fourth-order valence-electron chi connectivity index (χ4n) is 4.02. The molecule has 2 aromatic carbocycles. The number of hydrogen-bond acceptors (Lipinski definition) is 7. The number of rotatable bonds is 7. The first-order valence-electron chi connectivity index (χ1n) is 11.2. The first kappa shape index (κ1) is 24.2. The van der Waals surface area contributed by atoms with Crippen LogP contribution in [0.3, 0.4) is 0 Å². The molecular formula is C25H26FN3O6. The maximum Gasteiger partial charge on any atom is 0.336 e. The number of aliphatic hydroxyl groups is 1. The second-order valence-corrected chi connectivity index (χ2v) is 8.29. The third-order valence-electron chi connectivity index (χ3n) is 5.89. The molecule has 1 aliphatic heterocycles. The van der Waals surface area contributed by atoms with Gasteiger partial charge in [0, 0.05) is 49.4 Å². The number of nitrogens with one attached hydrogen (secondary N) is 1. The Kier molecular flexibility index (Phi) is 7.31. The Balaban J connectivity index is 1.29. The quantitative estimate of drug-likeness (QED) is 0.489. The summed E-state index contributed by atoms with van der Waals surface area (Å²) in [5, 5.41) is 13.0. The standard InChI is InChI=1S/C25H26FN3O6/c1-16-12-24(32)35-22-13-19(6-7-20(16)22)34-15-23(31)27-21(14-30)25(33)29-10-8-28(9-11-29)18-4-2-17(26)3-5-18/h2-7,12-13,21,30H,8-11,14-15H2,1H3,(H,27,31). The van der Waals surface area contributed by atoms with Crippen LogP contribution >= 0.6 is 0 Å². The molecule has 4 rings (SSSR count). The van der Waals surface area contributed by atoms with Crippen molar-refractivity contribution in [1.82, 2.24) is 10.2 Å². The first-order valence-corrected chi connectivity index (χ1v) is 11.2. The van der Waals surface area contributed by atoms with Gasteiger partial charge in [-0.2, -0.15) is 0 Å². The average molecular weight is 483 g/mol. The fraction of sp³-hybridized carbons (Fsp3) is 0.320. The highest BCUT2D eigenvalue weighted by molar-refractivity contribution is 5.88. The molecule has 184 valence electrons. The van der Waals surface area contributed by atoms with Crippen molar-refractivity contribution in [3.8, 4) is 5.75 Å². The van der Waals surface area contributed by atoms with Crippen LogP contribution in [0.15, 0.2) is 57.7 Å². The Morgan fingerprint density at radius 2 is 1.83 bits per heavy atom. The van der Waals surface area contributed by atoms with Gasteiger partial charge in [-0.05, 0) is 48.9 Å². The third-order valence-corrected chi connectivity index (χ3v) is 5.89. The zero-order valence-electron chi connectivity index (χ0n) is 19.2. The van der Waals surface area contributed by atoms with Crippen LogP contribution in [0.1, 0.15) is 5.56 Å². The molecule has 10 heteroatoms. The summed E-state index contributed by atoms with van der Waals surface area (Å²) in [5.41, 5.74) is 1.50. The number of piperazine rings is 1. The largest absolute Gasteiger partial charge is 0.484 e. The summed E-state index contributed by atoms with van der Waals surface area (Å²) in [5.74, 6) is -0.948. The van der Waals surface area contributed by atoms with Gasteiger partial charge in [-0.25, -0.2) is 9.18 Å². The minimum Gasteiger partial charge on any atom is -0.484 e. The number of amides is 2. The summed E-state index contributed by atoms with van der Waals surface area (Å²) in [6.07, 6.45) is 0. The van der Waals surface area contributed by atoms with Crippen LogP contribution in [-0.2, 0) is 9.59 Å². The van der Waals surface area contributed by atoms with Crippen LogP contribution in [0, 0.1) is 12.7 Å². The van der Waals surface area contributed by atoms with Gasteiger partial charge in [0.25, 0.3) is 5.91 Å². The van der Waals surface area contributed by atoms with Crippen molar-refractivity contribution in [2.75, 3.05) is 44.3 Å². The van der Waals surface area contributed by atoms with Gasteiger partial charge in [-0.1, -0.05) is 0 Å². The normalized spacial score (nSPS) is 14.6. The molecule has 1 atom stereocenters. The number of nitrogens with zero attached hydrogens (tertiary/aromatic N) is 2. The predicted octanol–water partition coefficient (Wildman–Crippen LogP) is 1.45. The van der Waals surface area contributed by atoms with Crippen molar-refractivity contribution in [2.24, 2.45) is 0 Å². The average Bonchev–Trinajstić information content (AvgIpc) is 2.86. The molecule has 0 radical (unpaired) electrons. The lowest BCUT2D eigenvalue weighted by Gasteiger charge is -2.37. The maximum atomic E-state index is 13.1. The number of fused-ring (bicyclic) bond motifs is 1. The smallest absolute Gasteiger partial charge is 0.336 e. The van der Waals surface area contributed by atoms with Gasteiger partial charge in [0.05, 0.1) is 6.61 Å². The summed E-state index contributed by atoms with van der Waals surface area (Å²) in [7, 11) is 0. The number of benzene rings is 2. The zero-order valence-corrected chi connectivity index (χ0v) is 19.2. The molecule has 0 spiro atoms. The first-order chi connectivity index (χ1) is 16.8. The Morgan fingerprint density at radius 1 is 1.11 bits per heavy atom. The van der Waals surface area contributed by atoms with E-state index >= 15 is 0 Å². The monoisotopic (exact) mass is 483 g/mol. The molecule has 0 bridgehead atoms. The number of ether oxygens (including phenoxy) is 1. The Hall–Kier alpha value is -3.92. The van der Waals surface area contributed by atoms with Crippen LogP contribution in [0.4, 0.5) is 10.1 Å². The Bertz CT molecular complexity index is 1270. The van der Waals surface area contributed by atoms with Crippen LogP contribution in [0.2, 0.25) is 0 Å². The summed E-state index contributed by atoms with van der Waals surface area (Å²) in [6, 6.07) is 11.4. The minimum atomic E-state index is -1.10. The molecule has 0 saturated carbocycles. The van der Waals surface area contributed by atoms with Crippen LogP contribution in [0.25, 0.3) is 11.0 Å². The van der Waals surface area contributed by atoms with Gasteiger partial charge in [0.1, 0.15) is 23.2 Å². The minimum absolute atomic E-state index is 0.310. The summed E-state index contributed by atoms with van der Waals surface area (Å²) < 4.78 is 23.8. The van der Waals surface area contributed by atoms with Gasteiger partial charge in [0.2, 0.25) is 5.91 Å². The number of halogens is 1. The van der Waals surface area contributed by atoms with E-state index in [0.717, 1.165) is 16.6 Å². The number of carbonyl (C=O) groups excluding carboxylic acids is 2. The van der Waals surface area contributed by atoms with E-state index < -0.39 is 24.2 Å². The van der Waals surface area contributed by atoms with E-state index in [2.05, 4.69) is 5.32 Å². The van der Waals surface area contributed by atoms with Crippen molar-refractivity contribution in [1.29, 1.82) is 0 Å². The molecule has 2 N–H and O–H groups in total. The highest BCUT2D eigenvalue weighted by atomic mass is 19.1. The molecule has 35 heavy (non-hydrogen) atoms. The van der Waals surface area contributed by atoms with E-state index in [0.29, 0.717) is 37.5 Å². The Labute approximate surface area is 200 Å². The lowest BCUT2D eigenvalue weighted by atomic mass is 10.1. The van der Waals surface area contributed by atoms with Crippen molar-refractivity contribution >= 4 is 28.5 Å². The highest BCUT2D eigenvalue weighted by Gasteiger charge is 2.28. The summed E-state index contributed by atoms with van der Waals surface area (Å²) in [6.45, 7) is 2.75. The van der Waals surface area contributed by atoms with E-state index in [1.807, 2.05) is 4.90 Å². The molecule has 2 amide bonds. The van der Waals surface area contributed by atoms with E-state index in [9.17, 15) is 23.9 Å². The summed E-state index contributed by atoms with van der Waals surface area (Å²) in [4.78, 5) is 40.4. The van der Waals surface area contributed by atoms with Crippen molar-refractivity contribution in [3.63, 3.8) is 0 Å². The number of anilines is 1. The SMILES string of the molecule is Cc1cc(=O)oc2cc(OCC(=O)NC(CO)C(=O)N3CCN(c4ccc(F)cc4)CC3)ccc12. The molecular weight excluding hydrogens is 457 g/mol. The molecule has 9 nitrogen and oxygen atoms in total. The maximum absolute atomic E-state index is 13.1. The molecule has 3 aromatic rings. The highest BCUT2D eigenvalue weighted by Crippen LogP contribution is 2.22. The molecule has 1 fully saturated rings. The fourth-order valence-corrected chi connectivity index (χ4v) is 4.02. The van der Waals surface area contributed by atoms with Gasteiger partial charge < -0.3 is 29.4 Å². The second kappa shape index (κ2) is 10.6. The number of hydrogen-bond donors (Lipinski definition) is 2. The van der Waals surface area contributed by atoms with E-state index in [1.165, 1.54) is 24.3 Å². The van der Waals surface area contributed by atoms with Crippen molar-refractivity contribution in [3.05, 3.63) is 70.3 Å². The van der Waals surface area contributed by atoms with Gasteiger partial charge in [-0.15, -0.1) is 0 Å². The molecule has 1 saturated heterocycles. The number of carbonyl (C=O) groups is 2.